The zero-order valence-corrected chi connectivity index (χ0v) is 7.94. The van der Waals surface area contributed by atoms with E-state index < -0.39 is 12.6 Å². The SMILES string of the molecule is CCCOCN1CC[C@H](O)NC1O. The second kappa shape index (κ2) is 5.51. The van der Waals surface area contributed by atoms with Crippen LogP contribution in [0.25, 0.3) is 0 Å². The Labute approximate surface area is 78.3 Å². The van der Waals surface area contributed by atoms with Crippen molar-refractivity contribution >= 4 is 0 Å². The van der Waals surface area contributed by atoms with E-state index in [2.05, 4.69) is 5.32 Å². The maximum atomic E-state index is 9.41. The summed E-state index contributed by atoms with van der Waals surface area (Å²) >= 11 is 0. The molecule has 1 saturated heterocycles. The predicted octanol–water partition coefficient (Wildman–Crippen LogP) is -0.740. The summed E-state index contributed by atoms with van der Waals surface area (Å²) in [6.07, 6.45) is 0.199. The Kier molecular flexibility index (Phi) is 4.61. The number of nitrogens with one attached hydrogen (secondary N) is 1. The first kappa shape index (κ1) is 10.9. The number of aliphatic hydroxyl groups excluding tert-OH is 2. The first-order valence-electron chi connectivity index (χ1n) is 4.68. The molecule has 0 aromatic carbocycles. The van der Waals surface area contributed by atoms with Gasteiger partial charge in [0.15, 0.2) is 6.35 Å². The molecule has 0 saturated carbocycles. The van der Waals surface area contributed by atoms with Crippen LogP contribution >= 0.6 is 0 Å². The zero-order valence-electron chi connectivity index (χ0n) is 7.94. The van der Waals surface area contributed by atoms with Gasteiger partial charge in [0.05, 0.1) is 0 Å². The Morgan fingerprint density at radius 3 is 2.92 bits per heavy atom. The Bertz CT molecular complexity index is 145. The Morgan fingerprint density at radius 2 is 2.31 bits per heavy atom. The highest BCUT2D eigenvalue weighted by atomic mass is 16.5. The summed E-state index contributed by atoms with van der Waals surface area (Å²) in [5, 5.41) is 21.2. The largest absolute Gasteiger partial charge is 0.378 e. The Morgan fingerprint density at radius 1 is 1.54 bits per heavy atom. The minimum Gasteiger partial charge on any atom is -0.378 e. The number of ether oxygens (including phenoxy) is 1. The van der Waals surface area contributed by atoms with Gasteiger partial charge in [0, 0.05) is 13.2 Å². The van der Waals surface area contributed by atoms with Gasteiger partial charge in [-0.1, -0.05) is 6.92 Å². The van der Waals surface area contributed by atoms with Crippen LogP contribution in [0.4, 0.5) is 0 Å². The van der Waals surface area contributed by atoms with E-state index in [1.54, 1.807) is 4.90 Å². The van der Waals surface area contributed by atoms with Crippen LogP contribution < -0.4 is 5.32 Å². The second-order valence-electron chi connectivity index (χ2n) is 3.19. The average Bonchev–Trinajstić information content (AvgIpc) is 2.09. The van der Waals surface area contributed by atoms with E-state index in [0.29, 0.717) is 26.3 Å². The molecule has 1 aliphatic heterocycles. The van der Waals surface area contributed by atoms with Crippen molar-refractivity contribution in [2.45, 2.75) is 32.3 Å². The van der Waals surface area contributed by atoms with Crippen molar-refractivity contribution < 1.29 is 14.9 Å². The highest BCUT2D eigenvalue weighted by Gasteiger charge is 2.23. The van der Waals surface area contributed by atoms with Crippen LogP contribution in [-0.4, -0.2) is 47.6 Å². The lowest BCUT2D eigenvalue weighted by Gasteiger charge is -2.34. The van der Waals surface area contributed by atoms with Gasteiger partial charge in [-0.25, -0.2) is 4.90 Å². The first-order chi connectivity index (χ1) is 6.24. The van der Waals surface area contributed by atoms with E-state index in [0.717, 1.165) is 6.42 Å². The summed E-state index contributed by atoms with van der Waals surface area (Å²) in [5.74, 6) is 0. The van der Waals surface area contributed by atoms with Crippen LogP contribution in [0.3, 0.4) is 0 Å². The Balaban J connectivity index is 2.18. The lowest BCUT2D eigenvalue weighted by atomic mass is 10.3. The lowest BCUT2D eigenvalue weighted by Crippen LogP contribution is -2.56. The topological polar surface area (TPSA) is 65.0 Å². The van der Waals surface area contributed by atoms with Crippen molar-refractivity contribution in [1.29, 1.82) is 0 Å². The van der Waals surface area contributed by atoms with E-state index >= 15 is 0 Å². The quantitative estimate of drug-likeness (QED) is 0.510. The van der Waals surface area contributed by atoms with Crippen molar-refractivity contribution in [3.8, 4) is 0 Å². The molecule has 5 nitrogen and oxygen atoms in total. The smallest absolute Gasteiger partial charge is 0.166 e. The average molecular weight is 190 g/mol. The van der Waals surface area contributed by atoms with Gasteiger partial charge >= 0.3 is 0 Å². The van der Waals surface area contributed by atoms with Crippen molar-refractivity contribution in [3.05, 3.63) is 0 Å². The van der Waals surface area contributed by atoms with Crippen LogP contribution in [0, 0.1) is 0 Å². The summed E-state index contributed by atoms with van der Waals surface area (Å²) in [6.45, 7) is 3.80. The van der Waals surface area contributed by atoms with Crippen molar-refractivity contribution in [3.63, 3.8) is 0 Å². The van der Waals surface area contributed by atoms with E-state index in [4.69, 9.17) is 9.84 Å². The molecule has 1 rings (SSSR count). The molecular weight excluding hydrogens is 172 g/mol. The number of nitrogens with zero attached hydrogens (tertiary/aromatic N) is 1. The third-order valence-electron chi connectivity index (χ3n) is 1.98. The predicted molar refractivity (Wildman–Crippen MR) is 47.6 cm³/mol. The summed E-state index contributed by atoms with van der Waals surface area (Å²) in [5.41, 5.74) is 0. The van der Waals surface area contributed by atoms with Gasteiger partial charge in [-0.15, -0.1) is 0 Å². The van der Waals surface area contributed by atoms with E-state index in [9.17, 15) is 5.11 Å². The minimum absolute atomic E-state index is 0.411. The monoisotopic (exact) mass is 190 g/mol. The molecule has 0 amide bonds. The minimum atomic E-state index is -0.791. The molecule has 3 N–H and O–H groups in total. The molecule has 1 aliphatic rings. The number of rotatable bonds is 4. The van der Waals surface area contributed by atoms with Crippen LogP contribution in [-0.2, 0) is 4.74 Å². The van der Waals surface area contributed by atoms with Crippen LogP contribution in [0.15, 0.2) is 0 Å². The second-order valence-corrected chi connectivity index (χ2v) is 3.19. The summed E-state index contributed by atoms with van der Waals surface area (Å²) in [7, 11) is 0. The molecule has 1 unspecified atom stereocenters. The highest BCUT2D eigenvalue weighted by molar-refractivity contribution is 4.68. The molecular formula is C8H18N2O3. The van der Waals surface area contributed by atoms with Gasteiger partial charge in [0.25, 0.3) is 0 Å². The molecule has 0 bridgehead atoms. The third kappa shape index (κ3) is 3.58. The van der Waals surface area contributed by atoms with Crippen molar-refractivity contribution in [2.75, 3.05) is 19.9 Å². The molecule has 1 fully saturated rings. The molecule has 0 aliphatic carbocycles. The fourth-order valence-corrected chi connectivity index (χ4v) is 1.23. The van der Waals surface area contributed by atoms with Gasteiger partial charge in [-0.3, -0.25) is 5.32 Å². The summed E-state index contributed by atoms with van der Waals surface area (Å²) in [4.78, 5) is 1.74. The molecule has 0 aromatic rings. The van der Waals surface area contributed by atoms with E-state index in [1.807, 2.05) is 6.92 Å². The zero-order chi connectivity index (χ0) is 9.68. The van der Waals surface area contributed by atoms with Crippen molar-refractivity contribution in [1.82, 2.24) is 10.2 Å². The maximum Gasteiger partial charge on any atom is 0.166 e. The third-order valence-corrected chi connectivity index (χ3v) is 1.98. The number of hydrogen-bond acceptors (Lipinski definition) is 5. The maximum absolute atomic E-state index is 9.41. The Hall–Kier alpha value is -0.200. The van der Waals surface area contributed by atoms with Gasteiger partial charge in [0.1, 0.15) is 13.0 Å². The molecule has 5 heteroatoms. The van der Waals surface area contributed by atoms with Crippen LogP contribution in [0.2, 0.25) is 0 Å². The fourth-order valence-electron chi connectivity index (χ4n) is 1.23. The van der Waals surface area contributed by atoms with E-state index in [-0.39, 0.29) is 0 Å². The van der Waals surface area contributed by atoms with Gasteiger partial charge in [-0.2, -0.15) is 0 Å². The highest BCUT2D eigenvalue weighted by Crippen LogP contribution is 2.05. The molecule has 1 heterocycles. The molecule has 0 aromatic heterocycles. The van der Waals surface area contributed by atoms with Crippen LogP contribution in [0.1, 0.15) is 19.8 Å². The lowest BCUT2D eigenvalue weighted by molar-refractivity contribution is -0.136. The summed E-state index contributed by atoms with van der Waals surface area (Å²) < 4.78 is 5.27. The molecule has 78 valence electrons. The standard InChI is InChI=1S/C8H18N2O3/c1-2-5-13-6-10-4-3-7(11)9-8(10)12/h7-9,11-12H,2-6H2,1H3/t7-,8?/m0/s1. The van der Waals surface area contributed by atoms with E-state index in [1.165, 1.54) is 0 Å². The molecule has 2 atom stereocenters. The number of hydrogen-bond donors (Lipinski definition) is 3. The number of aliphatic hydroxyl groups is 2. The summed E-state index contributed by atoms with van der Waals surface area (Å²) in [6, 6.07) is 0. The first-order valence-corrected chi connectivity index (χ1v) is 4.68. The normalized spacial score (nSPS) is 30.7. The van der Waals surface area contributed by atoms with Crippen molar-refractivity contribution in [2.24, 2.45) is 0 Å². The molecule has 0 spiro atoms. The van der Waals surface area contributed by atoms with Gasteiger partial charge in [0.2, 0.25) is 0 Å². The van der Waals surface area contributed by atoms with Gasteiger partial charge in [-0.05, 0) is 12.8 Å². The molecule has 13 heavy (non-hydrogen) atoms. The van der Waals surface area contributed by atoms with Gasteiger partial charge < -0.3 is 14.9 Å². The fraction of sp³-hybridized carbons (Fsp3) is 1.00. The van der Waals surface area contributed by atoms with Crippen LogP contribution in [0.5, 0.6) is 0 Å². The molecule has 0 radical (unpaired) electrons.